The standard InChI is InChI=1S/C5H7N3O2S/c1-3(9)10-8-4-2-11-5(6)7-4/h2,8H,1H3,(H2,6,7). The smallest absolute Gasteiger partial charge is 0.329 e. The molecule has 1 rings (SSSR count). The van der Waals surface area contributed by atoms with E-state index in [-0.39, 0.29) is 0 Å². The van der Waals surface area contributed by atoms with Crippen molar-refractivity contribution in [1.82, 2.24) is 4.98 Å². The largest absolute Gasteiger partial charge is 0.375 e. The van der Waals surface area contributed by atoms with E-state index >= 15 is 0 Å². The summed E-state index contributed by atoms with van der Waals surface area (Å²) in [5, 5.41) is 2.08. The lowest BCUT2D eigenvalue weighted by atomic mass is 10.8. The van der Waals surface area contributed by atoms with Gasteiger partial charge in [0.05, 0.1) is 0 Å². The van der Waals surface area contributed by atoms with Crippen LogP contribution in [0.25, 0.3) is 0 Å². The van der Waals surface area contributed by atoms with Crippen molar-refractivity contribution in [2.45, 2.75) is 6.92 Å². The monoisotopic (exact) mass is 173 g/mol. The van der Waals surface area contributed by atoms with Crippen LogP contribution in [0.3, 0.4) is 0 Å². The summed E-state index contributed by atoms with van der Waals surface area (Å²) in [6.07, 6.45) is 0. The number of carbonyl (C=O) groups excluding carboxylic acids is 1. The molecule has 0 radical (unpaired) electrons. The maximum Gasteiger partial charge on any atom is 0.329 e. The molecule has 0 amide bonds. The summed E-state index contributed by atoms with van der Waals surface area (Å²) in [5.74, 6) is 0.0271. The number of nitrogens with one attached hydrogen (secondary N) is 1. The molecule has 1 aromatic heterocycles. The van der Waals surface area contributed by atoms with Gasteiger partial charge in [-0.3, -0.25) is 4.79 Å². The van der Waals surface area contributed by atoms with Gasteiger partial charge in [-0.2, -0.15) is 5.48 Å². The van der Waals surface area contributed by atoms with Crippen LogP contribution in [0.15, 0.2) is 5.38 Å². The number of hydrogen-bond acceptors (Lipinski definition) is 6. The second kappa shape index (κ2) is 3.20. The van der Waals surface area contributed by atoms with E-state index in [1.54, 1.807) is 5.38 Å². The van der Waals surface area contributed by atoms with Gasteiger partial charge in [-0.05, 0) is 0 Å². The Labute approximate surface area is 67.1 Å². The topological polar surface area (TPSA) is 77.2 Å². The van der Waals surface area contributed by atoms with Crippen molar-refractivity contribution in [1.29, 1.82) is 0 Å². The summed E-state index contributed by atoms with van der Waals surface area (Å²) in [5.41, 5.74) is 7.65. The summed E-state index contributed by atoms with van der Waals surface area (Å²) in [6, 6.07) is 0. The lowest BCUT2D eigenvalue weighted by Crippen LogP contribution is -2.06. The molecule has 0 atom stereocenters. The maximum absolute atomic E-state index is 10.3. The number of nitrogen functional groups attached to an aromatic ring is 1. The minimum Gasteiger partial charge on any atom is -0.375 e. The van der Waals surface area contributed by atoms with Crippen LogP contribution >= 0.6 is 11.3 Å². The van der Waals surface area contributed by atoms with Crippen LogP contribution in [0.2, 0.25) is 0 Å². The van der Waals surface area contributed by atoms with E-state index in [1.807, 2.05) is 0 Å². The Morgan fingerprint density at radius 3 is 3.09 bits per heavy atom. The second-order valence-electron chi connectivity index (χ2n) is 1.77. The van der Waals surface area contributed by atoms with Gasteiger partial charge in [-0.25, -0.2) is 4.98 Å². The molecule has 0 bridgehead atoms. The third-order valence-electron chi connectivity index (χ3n) is 0.821. The minimum atomic E-state index is -0.420. The molecule has 5 nitrogen and oxygen atoms in total. The molecule has 0 aliphatic rings. The zero-order chi connectivity index (χ0) is 8.27. The highest BCUT2D eigenvalue weighted by Crippen LogP contribution is 2.14. The Morgan fingerprint density at radius 2 is 2.64 bits per heavy atom. The Hall–Kier alpha value is -1.30. The fraction of sp³-hybridized carbons (Fsp3) is 0.200. The van der Waals surface area contributed by atoms with Gasteiger partial charge in [-0.1, -0.05) is 0 Å². The quantitative estimate of drug-likeness (QED) is 0.641. The fourth-order valence-corrected chi connectivity index (χ4v) is 0.943. The van der Waals surface area contributed by atoms with Crippen LogP contribution in [-0.4, -0.2) is 11.0 Å². The third-order valence-corrected chi connectivity index (χ3v) is 1.50. The zero-order valence-electron chi connectivity index (χ0n) is 5.83. The molecule has 1 heterocycles. The highest BCUT2D eigenvalue weighted by Gasteiger charge is 1.98. The van der Waals surface area contributed by atoms with Crippen LogP contribution in [-0.2, 0) is 9.63 Å². The van der Waals surface area contributed by atoms with E-state index in [0.717, 1.165) is 0 Å². The van der Waals surface area contributed by atoms with E-state index in [0.29, 0.717) is 10.9 Å². The number of nitrogens with zero attached hydrogens (tertiary/aromatic N) is 1. The van der Waals surface area contributed by atoms with Crippen molar-refractivity contribution < 1.29 is 9.63 Å². The first-order valence-corrected chi connectivity index (χ1v) is 3.71. The molecule has 0 spiro atoms. The van der Waals surface area contributed by atoms with Gasteiger partial charge in [0.2, 0.25) is 0 Å². The van der Waals surface area contributed by atoms with Gasteiger partial charge in [0.1, 0.15) is 0 Å². The molecule has 60 valence electrons. The van der Waals surface area contributed by atoms with Crippen molar-refractivity contribution in [3.63, 3.8) is 0 Å². The number of hydrogen-bond donors (Lipinski definition) is 2. The molecule has 11 heavy (non-hydrogen) atoms. The fourth-order valence-electron chi connectivity index (χ4n) is 0.459. The Kier molecular flexibility index (Phi) is 2.27. The van der Waals surface area contributed by atoms with Gasteiger partial charge in [0.25, 0.3) is 0 Å². The minimum absolute atomic E-state index is 0.420. The van der Waals surface area contributed by atoms with Gasteiger partial charge in [0, 0.05) is 12.3 Å². The summed E-state index contributed by atoms with van der Waals surface area (Å²) in [6.45, 7) is 1.29. The van der Waals surface area contributed by atoms with E-state index in [2.05, 4.69) is 15.3 Å². The maximum atomic E-state index is 10.3. The second-order valence-corrected chi connectivity index (χ2v) is 2.66. The van der Waals surface area contributed by atoms with Gasteiger partial charge < -0.3 is 10.6 Å². The predicted molar refractivity (Wildman–Crippen MR) is 41.9 cm³/mol. The van der Waals surface area contributed by atoms with Crippen LogP contribution in [0, 0.1) is 0 Å². The van der Waals surface area contributed by atoms with E-state index < -0.39 is 5.97 Å². The van der Waals surface area contributed by atoms with Crippen molar-refractivity contribution in [3.05, 3.63) is 5.38 Å². The first-order chi connectivity index (χ1) is 5.18. The predicted octanol–water partition coefficient (Wildman–Crippen LogP) is 0.615. The lowest BCUT2D eigenvalue weighted by Gasteiger charge is -1.98. The molecule has 0 aliphatic carbocycles. The van der Waals surface area contributed by atoms with E-state index in [1.165, 1.54) is 18.3 Å². The van der Waals surface area contributed by atoms with Crippen LogP contribution in [0.5, 0.6) is 0 Å². The third kappa shape index (κ3) is 2.42. The number of rotatable bonds is 2. The van der Waals surface area contributed by atoms with Gasteiger partial charge in [-0.15, -0.1) is 11.3 Å². The van der Waals surface area contributed by atoms with Crippen molar-refractivity contribution in [2.75, 3.05) is 11.2 Å². The molecular weight excluding hydrogens is 166 g/mol. The molecule has 6 heteroatoms. The van der Waals surface area contributed by atoms with Crippen LogP contribution < -0.4 is 11.2 Å². The Bertz CT molecular complexity index is 260. The molecule has 0 aliphatic heterocycles. The lowest BCUT2D eigenvalue weighted by molar-refractivity contribution is -0.138. The number of aromatic nitrogens is 1. The molecular formula is C5H7N3O2S. The molecule has 0 saturated heterocycles. The number of carbonyl (C=O) groups is 1. The number of thiazole rings is 1. The van der Waals surface area contributed by atoms with E-state index in [9.17, 15) is 4.79 Å². The summed E-state index contributed by atoms with van der Waals surface area (Å²) in [7, 11) is 0. The first-order valence-electron chi connectivity index (χ1n) is 2.83. The Morgan fingerprint density at radius 1 is 1.91 bits per heavy atom. The highest BCUT2D eigenvalue weighted by molar-refractivity contribution is 7.13. The number of anilines is 2. The summed E-state index contributed by atoms with van der Waals surface area (Å²) >= 11 is 1.27. The van der Waals surface area contributed by atoms with Crippen LogP contribution in [0.4, 0.5) is 10.9 Å². The van der Waals surface area contributed by atoms with Crippen molar-refractivity contribution >= 4 is 28.3 Å². The van der Waals surface area contributed by atoms with E-state index in [4.69, 9.17) is 5.73 Å². The first kappa shape index (κ1) is 7.80. The number of nitrogens with two attached hydrogens (primary N) is 1. The molecule has 0 unspecified atom stereocenters. The van der Waals surface area contributed by atoms with Crippen LogP contribution in [0.1, 0.15) is 6.92 Å². The molecule has 1 aromatic rings. The molecule has 0 aromatic carbocycles. The van der Waals surface area contributed by atoms with Crippen molar-refractivity contribution in [2.24, 2.45) is 0 Å². The average molecular weight is 173 g/mol. The molecule has 0 saturated carbocycles. The SMILES string of the molecule is CC(=O)ONc1csc(N)n1. The Balaban J connectivity index is 2.45. The molecule has 0 fully saturated rings. The molecule has 3 N–H and O–H groups in total. The highest BCUT2D eigenvalue weighted by atomic mass is 32.1. The van der Waals surface area contributed by atoms with Crippen molar-refractivity contribution in [3.8, 4) is 0 Å². The summed E-state index contributed by atoms with van der Waals surface area (Å²) < 4.78 is 0. The van der Waals surface area contributed by atoms with Gasteiger partial charge >= 0.3 is 5.97 Å². The van der Waals surface area contributed by atoms with Gasteiger partial charge in [0.15, 0.2) is 10.9 Å². The zero-order valence-corrected chi connectivity index (χ0v) is 6.64. The summed E-state index contributed by atoms with van der Waals surface area (Å²) in [4.78, 5) is 18.5. The average Bonchev–Trinajstić information content (AvgIpc) is 2.31. The normalized spacial score (nSPS) is 9.18.